The molecule has 0 aliphatic carbocycles. The van der Waals surface area contributed by atoms with Gasteiger partial charge in [-0.25, -0.2) is 13.1 Å². The number of amides is 2. The van der Waals surface area contributed by atoms with Crippen molar-refractivity contribution in [3.05, 3.63) is 42.5 Å². The van der Waals surface area contributed by atoms with Crippen LogP contribution in [0.25, 0.3) is 10.8 Å². The second-order valence-corrected chi connectivity index (χ2v) is 9.99. The van der Waals surface area contributed by atoms with E-state index in [-0.39, 0.29) is 10.8 Å². The number of hydrogen-bond acceptors (Lipinski definition) is 5. The highest BCUT2D eigenvalue weighted by atomic mass is 32.2. The minimum absolute atomic E-state index is 0.0111. The summed E-state index contributed by atoms with van der Waals surface area (Å²) >= 11 is 0. The quantitative estimate of drug-likeness (QED) is 0.562. The molecule has 1 saturated heterocycles. The van der Waals surface area contributed by atoms with E-state index in [0.29, 0.717) is 25.4 Å². The first kappa shape index (κ1) is 24.2. The van der Waals surface area contributed by atoms with Crippen molar-refractivity contribution in [1.82, 2.24) is 14.9 Å². The number of sulfonamides is 1. The van der Waals surface area contributed by atoms with Gasteiger partial charge in [0.2, 0.25) is 11.8 Å². The monoisotopic (exact) mass is 459 g/mol. The molecule has 2 N–H and O–H groups in total. The van der Waals surface area contributed by atoms with Gasteiger partial charge in [-0.2, -0.15) is 0 Å². The molecular formula is C24H33N3O4S. The first-order valence-corrected chi connectivity index (χ1v) is 12.9. The fraction of sp³-hybridized carbons (Fsp3) is 0.500. The molecule has 0 saturated carbocycles. The summed E-state index contributed by atoms with van der Waals surface area (Å²) in [4.78, 5) is 27.8. The highest BCUT2D eigenvalue weighted by Gasteiger charge is 2.33. The molecule has 32 heavy (non-hydrogen) atoms. The summed E-state index contributed by atoms with van der Waals surface area (Å²) in [6.07, 6.45) is 3.08. The van der Waals surface area contributed by atoms with Gasteiger partial charge >= 0.3 is 0 Å². The van der Waals surface area contributed by atoms with E-state index in [0.717, 1.165) is 43.1 Å². The third-order valence-electron chi connectivity index (χ3n) is 6.28. The second-order valence-electron chi connectivity index (χ2n) is 8.31. The maximum absolute atomic E-state index is 13.1. The Morgan fingerprint density at radius 2 is 1.72 bits per heavy atom. The predicted octanol–water partition coefficient (Wildman–Crippen LogP) is 2.91. The van der Waals surface area contributed by atoms with Gasteiger partial charge in [0.05, 0.1) is 4.90 Å². The third-order valence-corrected chi connectivity index (χ3v) is 7.62. The van der Waals surface area contributed by atoms with Gasteiger partial charge in [0.1, 0.15) is 5.92 Å². The molecule has 1 fully saturated rings. The van der Waals surface area contributed by atoms with Gasteiger partial charge in [-0.3, -0.25) is 9.59 Å². The Morgan fingerprint density at radius 3 is 2.38 bits per heavy atom. The number of piperidine rings is 1. The van der Waals surface area contributed by atoms with Crippen molar-refractivity contribution in [2.75, 3.05) is 26.2 Å². The second kappa shape index (κ2) is 10.9. The minimum atomic E-state index is -4.09. The van der Waals surface area contributed by atoms with Crippen molar-refractivity contribution in [1.29, 1.82) is 0 Å². The topological polar surface area (TPSA) is 95.6 Å². The Kier molecular flexibility index (Phi) is 8.26. The fourth-order valence-corrected chi connectivity index (χ4v) is 5.35. The zero-order valence-electron chi connectivity index (χ0n) is 18.8. The molecule has 174 valence electrons. The van der Waals surface area contributed by atoms with Gasteiger partial charge in [0.15, 0.2) is 0 Å². The molecule has 1 unspecified atom stereocenters. The van der Waals surface area contributed by atoms with E-state index in [2.05, 4.69) is 10.0 Å². The summed E-state index contributed by atoms with van der Waals surface area (Å²) in [7, 11) is -4.09. The molecule has 8 heteroatoms. The van der Waals surface area contributed by atoms with Gasteiger partial charge in [-0.1, -0.05) is 30.3 Å². The maximum Gasteiger partial charge on any atom is 0.264 e. The molecule has 7 nitrogen and oxygen atoms in total. The van der Waals surface area contributed by atoms with Crippen LogP contribution >= 0.6 is 0 Å². The van der Waals surface area contributed by atoms with Crippen molar-refractivity contribution in [3.63, 3.8) is 0 Å². The van der Waals surface area contributed by atoms with E-state index in [1.54, 1.807) is 17.0 Å². The van der Waals surface area contributed by atoms with Gasteiger partial charge < -0.3 is 10.2 Å². The Hall–Kier alpha value is -2.45. The Bertz CT molecular complexity index is 1040. The number of nitrogens with zero attached hydrogens (tertiary/aromatic N) is 1. The van der Waals surface area contributed by atoms with E-state index < -0.39 is 21.8 Å². The summed E-state index contributed by atoms with van der Waals surface area (Å²) in [5, 5.41) is 4.99. The molecule has 2 aromatic carbocycles. The Morgan fingerprint density at radius 1 is 1.06 bits per heavy atom. The van der Waals surface area contributed by atoms with Gasteiger partial charge in [-0.15, -0.1) is 0 Å². The Balaban J connectivity index is 1.79. The number of benzene rings is 2. The van der Waals surface area contributed by atoms with Crippen LogP contribution in [0.15, 0.2) is 47.4 Å². The highest BCUT2D eigenvalue weighted by Crippen LogP contribution is 2.24. The lowest BCUT2D eigenvalue weighted by Gasteiger charge is -2.27. The summed E-state index contributed by atoms with van der Waals surface area (Å²) < 4.78 is 28.1. The summed E-state index contributed by atoms with van der Waals surface area (Å²) in [6.45, 7) is 6.53. The molecule has 2 aromatic rings. The van der Waals surface area contributed by atoms with E-state index >= 15 is 0 Å². The Labute approximate surface area is 190 Å². The average molecular weight is 460 g/mol. The van der Waals surface area contributed by atoms with Crippen molar-refractivity contribution in [2.24, 2.45) is 11.8 Å². The van der Waals surface area contributed by atoms with Crippen LogP contribution in [-0.4, -0.2) is 51.3 Å². The smallest absolute Gasteiger partial charge is 0.264 e. The lowest BCUT2D eigenvalue weighted by molar-refractivity contribution is -0.141. The molecule has 1 aliphatic heterocycles. The van der Waals surface area contributed by atoms with Crippen LogP contribution in [-0.2, 0) is 19.6 Å². The van der Waals surface area contributed by atoms with E-state index in [9.17, 15) is 18.0 Å². The molecule has 2 amide bonds. The number of hydrogen-bond donors (Lipinski definition) is 2. The van der Waals surface area contributed by atoms with Crippen molar-refractivity contribution < 1.29 is 18.0 Å². The van der Waals surface area contributed by atoms with E-state index in [4.69, 9.17) is 0 Å². The molecule has 0 spiro atoms. The van der Waals surface area contributed by atoms with Crippen molar-refractivity contribution in [2.45, 2.75) is 44.4 Å². The zero-order valence-corrected chi connectivity index (χ0v) is 19.7. The van der Waals surface area contributed by atoms with Crippen LogP contribution < -0.4 is 10.0 Å². The predicted molar refractivity (Wildman–Crippen MR) is 126 cm³/mol. The number of nitrogens with one attached hydrogen (secondary N) is 2. The summed E-state index contributed by atoms with van der Waals surface area (Å²) in [5.74, 6) is -1.63. The third kappa shape index (κ3) is 5.86. The molecular weight excluding hydrogens is 426 g/mol. The molecule has 0 radical (unpaired) electrons. The van der Waals surface area contributed by atoms with E-state index in [1.165, 1.54) is 6.07 Å². The number of carbonyl (C=O) groups excluding carboxylic acids is 2. The standard InChI is InChI=1S/C24H33N3O4S/c1-3-27(4-2)24(29)22(12-9-18-13-15-25-16-14-18)23(28)26-32(30,31)21-11-10-19-7-5-6-8-20(19)17-21/h5-8,10-11,17-18,22,25H,3-4,9,12-16H2,1-2H3,(H,26,28). The van der Waals surface area contributed by atoms with Crippen LogP contribution in [0.4, 0.5) is 0 Å². The van der Waals surface area contributed by atoms with Crippen LogP contribution in [0.5, 0.6) is 0 Å². The molecule has 0 aromatic heterocycles. The molecule has 1 atom stereocenters. The number of rotatable bonds is 9. The lowest BCUT2D eigenvalue weighted by Crippen LogP contribution is -2.45. The number of fused-ring (bicyclic) bond motifs is 1. The van der Waals surface area contributed by atoms with E-state index in [1.807, 2.05) is 38.1 Å². The summed E-state index contributed by atoms with van der Waals surface area (Å²) in [6, 6.07) is 12.2. The van der Waals surface area contributed by atoms with Crippen molar-refractivity contribution in [3.8, 4) is 0 Å². The lowest BCUT2D eigenvalue weighted by atomic mass is 9.88. The minimum Gasteiger partial charge on any atom is -0.343 e. The van der Waals surface area contributed by atoms with Crippen LogP contribution in [0.2, 0.25) is 0 Å². The average Bonchev–Trinajstić information content (AvgIpc) is 2.80. The molecule has 1 aliphatic rings. The molecule has 0 bridgehead atoms. The maximum atomic E-state index is 13.1. The fourth-order valence-electron chi connectivity index (χ4n) is 4.29. The SMILES string of the molecule is CCN(CC)C(=O)C(CCC1CCNCC1)C(=O)NS(=O)(=O)c1ccc2ccccc2c1. The van der Waals surface area contributed by atoms with Crippen LogP contribution in [0.3, 0.4) is 0 Å². The molecule has 3 rings (SSSR count). The van der Waals surface area contributed by atoms with Crippen LogP contribution in [0, 0.1) is 11.8 Å². The van der Waals surface area contributed by atoms with Crippen molar-refractivity contribution >= 4 is 32.6 Å². The van der Waals surface area contributed by atoms with Gasteiger partial charge in [0.25, 0.3) is 10.0 Å². The highest BCUT2D eigenvalue weighted by molar-refractivity contribution is 7.90. The van der Waals surface area contributed by atoms with Crippen LogP contribution in [0.1, 0.15) is 39.5 Å². The largest absolute Gasteiger partial charge is 0.343 e. The van der Waals surface area contributed by atoms with Gasteiger partial charge in [0, 0.05) is 13.1 Å². The molecule has 1 heterocycles. The summed E-state index contributed by atoms with van der Waals surface area (Å²) in [5.41, 5.74) is 0. The number of carbonyl (C=O) groups is 2. The zero-order chi connectivity index (χ0) is 23.1. The first-order chi connectivity index (χ1) is 15.4. The first-order valence-electron chi connectivity index (χ1n) is 11.4. The normalized spacial score (nSPS) is 15.9. The van der Waals surface area contributed by atoms with Gasteiger partial charge in [-0.05, 0) is 81.4 Å².